The van der Waals surface area contributed by atoms with Crippen molar-refractivity contribution in [3.8, 4) is 0 Å². The van der Waals surface area contributed by atoms with Gasteiger partial charge in [-0.25, -0.2) is 0 Å². The number of nitrogens with one attached hydrogen (secondary N) is 1. The molecule has 1 N–H and O–H groups in total. The topological polar surface area (TPSA) is 12.0 Å². The van der Waals surface area contributed by atoms with Gasteiger partial charge in [-0.3, -0.25) is 0 Å². The summed E-state index contributed by atoms with van der Waals surface area (Å²) in [5.41, 5.74) is 1.25. The lowest BCUT2D eigenvalue weighted by Gasteiger charge is -2.24. The Hall–Kier alpha value is -0.240. The molecule has 3 heteroatoms. The molecule has 0 spiro atoms. The Balaban J connectivity index is 0.000000980. The van der Waals surface area contributed by atoms with Crippen molar-refractivity contribution in [2.75, 3.05) is 6.54 Å². The molecule has 1 aromatic carbocycles. The molecular weight excluding hydrogens is 217 g/mol. The van der Waals surface area contributed by atoms with Gasteiger partial charge in [-0.15, -0.1) is 12.4 Å². The lowest BCUT2D eigenvalue weighted by Crippen LogP contribution is -2.26. The highest BCUT2D eigenvalue weighted by atomic mass is 35.5. The van der Waals surface area contributed by atoms with Crippen LogP contribution in [-0.2, 0) is 0 Å². The van der Waals surface area contributed by atoms with E-state index in [9.17, 15) is 0 Å². The minimum Gasteiger partial charge on any atom is -0.310 e. The second-order valence-corrected chi connectivity index (χ2v) is 3.93. The molecular formula is C11H15Cl2N. The van der Waals surface area contributed by atoms with E-state index >= 15 is 0 Å². The van der Waals surface area contributed by atoms with Crippen LogP contribution in [0.15, 0.2) is 24.3 Å². The highest BCUT2D eigenvalue weighted by Crippen LogP contribution is 2.28. The van der Waals surface area contributed by atoms with Crippen molar-refractivity contribution in [1.82, 2.24) is 5.32 Å². The molecule has 1 aliphatic rings. The number of hydrogen-bond acceptors (Lipinski definition) is 1. The standard InChI is InChI=1S/C11H14ClN.ClH/c12-10-6-2-1-5-9(10)11-7-3-4-8-13-11;/h1-2,5-6,11,13H,3-4,7-8H2;1H/t11-;/m0./s1. The first kappa shape index (κ1) is 11.8. The van der Waals surface area contributed by atoms with Crippen LogP contribution < -0.4 is 5.32 Å². The van der Waals surface area contributed by atoms with Gasteiger partial charge in [0.15, 0.2) is 0 Å². The van der Waals surface area contributed by atoms with Gasteiger partial charge in [-0.1, -0.05) is 36.2 Å². The van der Waals surface area contributed by atoms with E-state index in [1.54, 1.807) is 0 Å². The summed E-state index contributed by atoms with van der Waals surface area (Å²) in [6.45, 7) is 1.12. The summed E-state index contributed by atoms with van der Waals surface area (Å²) >= 11 is 6.12. The van der Waals surface area contributed by atoms with Crippen molar-refractivity contribution < 1.29 is 0 Å². The Morgan fingerprint density at radius 2 is 2.00 bits per heavy atom. The first-order valence-corrected chi connectivity index (χ1v) is 5.23. The smallest absolute Gasteiger partial charge is 0.0453 e. The van der Waals surface area contributed by atoms with Crippen LogP contribution in [0, 0.1) is 0 Å². The molecule has 0 aromatic heterocycles. The lowest BCUT2D eigenvalue weighted by molar-refractivity contribution is 0.412. The summed E-state index contributed by atoms with van der Waals surface area (Å²) < 4.78 is 0. The fraction of sp³-hybridized carbons (Fsp3) is 0.455. The Morgan fingerprint density at radius 3 is 2.64 bits per heavy atom. The summed E-state index contributed by atoms with van der Waals surface area (Å²) in [6, 6.07) is 8.59. The highest BCUT2D eigenvalue weighted by Gasteiger charge is 2.16. The Bertz CT molecular complexity index is 282. The maximum Gasteiger partial charge on any atom is 0.0453 e. The van der Waals surface area contributed by atoms with Crippen molar-refractivity contribution in [3.05, 3.63) is 34.9 Å². The molecule has 1 atom stereocenters. The van der Waals surface area contributed by atoms with Crippen LogP contribution in [0.1, 0.15) is 30.9 Å². The van der Waals surface area contributed by atoms with Gasteiger partial charge in [0.05, 0.1) is 0 Å². The molecule has 0 radical (unpaired) electrons. The summed E-state index contributed by atoms with van der Waals surface area (Å²) in [7, 11) is 0. The summed E-state index contributed by atoms with van der Waals surface area (Å²) in [5, 5.41) is 4.38. The zero-order valence-electron chi connectivity index (χ0n) is 8.00. The van der Waals surface area contributed by atoms with Crippen LogP contribution in [-0.4, -0.2) is 6.54 Å². The van der Waals surface area contributed by atoms with E-state index in [4.69, 9.17) is 11.6 Å². The predicted molar refractivity (Wildman–Crippen MR) is 63.3 cm³/mol. The van der Waals surface area contributed by atoms with Gasteiger partial charge in [0.25, 0.3) is 0 Å². The maximum atomic E-state index is 6.12. The molecule has 1 saturated heterocycles. The number of rotatable bonds is 1. The average Bonchev–Trinajstić information content (AvgIpc) is 2.20. The van der Waals surface area contributed by atoms with Gasteiger partial charge in [0, 0.05) is 11.1 Å². The van der Waals surface area contributed by atoms with Crippen LogP contribution >= 0.6 is 24.0 Å². The van der Waals surface area contributed by atoms with Crippen LogP contribution in [0.4, 0.5) is 0 Å². The van der Waals surface area contributed by atoms with Crippen LogP contribution in [0.2, 0.25) is 5.02 Å². The van der Waals surface area contributed by atoms with E-state index in [1.165, 1.54) is 24.8 Å². The fourth-order valence-electron chi connectivity index (χ4n) is 1.87. The van der Waals surface area contributed by atoms with Crippen molar-refractivity contribution in [2.24, 2.45) is 0 Å². The zero-order chi connectivity index (χ0) is 9.10. The molecule has 1 heterocycles. The summed E-state index contributed by atoms with van der Waals surface area (Å²) in [5.74, 6) is 0. The van der Waals surface area contributed by atoms with Gasteiger partial charge in [-0.05, 0) is 31.0 Å². The van der Waals surface area contributed by atoms with E-state index in [0.29, 0.717) is 6.04 Å². The lowest BCUT2D eigenvalue weighted by atomic mass is 9.98. The largest absolute Gasteiger partial charge is 0.310 e. The molecule has 14 heavy (non-hydrogen) atoms. The van der Waals surface area contributed by atoms with Gasteiger partial charge in [-0.2, -0.15) is 0 Å². The third kappa shape index (κ3) is 2.63. The van der Waals surface area contributed by atoms with Gasteiger partial charge < -0.3 is 5.32 Å². The Labute approximate surface area is 96.3 Å². The van der Waals surface area contributed by atoms with Crippen LogP contribution in [0.25, 0.3) is 0 Å². The van der Waals surface area contributed by atoms with Gasteiger partial charge in [0.1, 0.15) is 0 Å². The second kappa shape index (κ2) is 5.59. The minimum atomic E-state index is 0. The molecule has 0 bridgehead atoms. The normalized spacial score (nSPS) is 21.4. The SMILES string of the molecule is Cl.Clc1ccccc1[C@@H]1CCCCN1. The second-order valence-electron chi connectivity index (χ2n) is 3.52. The molecule has 1 aliphatic heterocycles. The van der Waals surface area contributed by atoms with Crippen molar-refractivity contribution in [1.29, 1.82) is 0 Å². The predicted octanol–water partition coefficient (Wildman–Crippen LogP) is 3.58. The van der Waals surface area contributed by atoms with Crippen molar-refractivity contribution >= 4 is 24.0 Å². The fourth-order valence-corrected chi connectivity index (χ4v) is 2.14. The van der Waals surface area contributed by atoms with E-state index in [2.05, 4.69) is 17.4 Å². The summed E-state index contributed by atoms with van der Waals surface area (Å²) in [4.78, 5) is 0. The molecule has 0 saturated carbocycles. The van der Waals surface area contributed by atoms with Gasteiger partial charge >= 0.3 is 0 Å². The number of piperidine rings is 1. The number of halogens is 2. The van der Waals surface area contributed by atoms with E-state index in [-0.39, 0.29) is 12.4 Å². The highest BCUT2D eigenvalue weighted by molar-refractivity contribution is 6.31. The molecule has 2 rings (SSSR count). The maximum absolute atomic E-state index is 6.12. The van der Waals surface area contributed by atoms with E-state index in [1.807, 2.05) is 12.1 Å². The van der Waals surface area contributed by atoms with Crippen molar-refractivity contribution in [2.45, 2.75) is 25.3 Å². The molecule has 78 valence electrons. The molecule has 0 aliphatic carbocycles. The first-order chi connectivity index (χ1) is 6.38. The monoisotopic (exact) mass is 231 g/mol. The number of hydrogen-bond donors (Lipinski definition) is 1. The minimum absolute atomic E-state index is 0. The molecule has 1 aromatic rings. The third-order valence-corrected chi connectivity index (χ3v) is 2.94. The Morgan fingerprint density at radius 1 is 1.21 bits per heavy atom. The zero-order valence-corrected chi connectivity index (χ0v) is 9.57. The molecule has 1 fully saturated rings. The molecule has 0 amide bonds. The third-order valence-electron chi connectivity index (χ3n) is 2.59. The van der Waals surface area contributed by atoms with E-state index < -0.39 is 0 Å². The first-order valence-electron chi connectivity index (χ1n) is 4.86. The van der Waals surface area contributed by atoms with Crippen LogP contribution in [0.5, 0.6) is 0 Å². The number of benzene rings is 1. The van der Waals surface area contributed by atoms with Gasteiger partial charge in [0.2, 0.25) is 0 Å². The summed E-state index contributed by atoms with van der Waals surface area (Å²) in [6.07, 6.45) is 3.81. The van der Waals surface area contributed by atoms with Crippen LogP contribution in [0.3, 0.4) is 0 Å². The van der Waals surface area contributed by atoms with E-state index in [0.717, 1.165) is 11.6 Å². The molecule has 0 unspecified atom stereocenters. The van der Waals surface area contributed by atoms with Crippen molar-refractivity contribution in [3.63, 3.8) is 0 Å². The quantitative estimate of drug-likeness (QED) is 0.780. The molecule has 1 nitrogen and oxygen atoms in total. The average molecular weight is 232 g/mol. The Kier molecular flexibility index (Phi) is 4.73.